The van der Waals surface area contributed by atoms with E-state index in [1.807, 2.05) is 0 Å². The second-order valence-electron chi connectivity index (χ2n) is 3.10. The van der Waals surface area contributed by atoms with E-state index in [0.29, 0.717) is 5.92 Å². The Morgan fingerprint density at radius 1 is 1.55 bits per heavy atom. The normalized spacial score (nSPS) is 30.0. The van der Waals surface area contributed by atoms with E-state index in [2.05, 4.69) is 12.2 Å². The average molecular weight is 157 g/mol. The Morgan fingerprint density at radius 3 is 2.73 bits per heavy atom. The second-order valence-corrected chi connectivity index (χ2v) is 3.10. The van der Waals surface area contributed by atoms with E-state index in [1.165, 1.54) is 12.8 Å². The van der Waals surface area contributed by atoms with E-state index < -0.39 is 0 Å². The maximum absolute atomic E-state index is 10.8. The Kier molecular flexibility index (Phi) is 2.74. The van der Waals surface area contributed by atoms with Crippen molar-refractivity contribution in [1.82, 2.24) is 5.32 Å². The molecule has 0 heterocycles. The zero-order valence-corrected chi connectivity index (χ0v) is 7.09. The third-order valence-electron chi connectivity index (χ3n) is 2.25. The minimum Gasteiger partial charge on any atom is -0.446 e. The molecule has 0 aromatic rings. The van der Waals surface area contributed by atoms with E-state index in [9.17, 15) is 4.79 Å². The molecule has 2 unspecified atom stereocenters. The van der Waals surface area contributed by atoms with Gasteiger partial charge in [-0.1, -0.05) is 6.92 Å². The topological polar surface area (TPSA) is 38.3 Å². The number of hydrogen-bond donors (Lipinski definition) is 1. The van der Waals surface area contributed by atoms with Crippen molar-refractivity contribution in [1.29, 1.82) is 0 Å². The van der Waals surface area contributed by atoms with Gasteiger partial charge in [-0.15, -0.1) is 0 Å². The fourth-order valence-electron chi connectivity index (χ4n) is 1.48. The molecule has 11 heavy (non-hydrogen) atoms. The third kappa shape index (κ3) is 2.10. The van der Waals surface area contributed by atoms with Crippen molar-refractivity contribution in [3.8, 4) is 0 Å². The van der Waals surface area contributed by atoms with Gasteiger partial charge in [0.15, 0.2) is 0 Å². The molecule has 0 bridgehead atoms. The molecular weight excluding hydrogens is 142 g/mol. The number of carbonyl (C=O) groups is 1. The van der Waals surface area contributed by atoms with Crippen LogP contribution in [0.1, 0.15) is 26.2 Å². The van der Waals surface area contributed by atoms with Gasteiger partial charge in [0.25, 0.3) is 0 Å². The molecule has 1 N–H and O–H groups in total. The molecule has 1 saturated carbocycles. The smallest absolute Gasteiger partial charge is 0.407 e. The van der Waals surface area contributed by atoms with Gasteiger partial charge in [-0.2, -0.15) is 0 Å². The standard InChI is InChI=1S/C8H15NO2/c1-6-4-3-5-7(6)11-8(10)9-2/h6-7H,3-5H2,1-2H3,(H,9,10). The zero-order valence-electron chi connectivity index (χ0n) is 7.09. The molecule has 1 aliphatic rings. The molecule has 3 heteroatoms. The first-order valence-electron chi connectivity index (χ1n) is 4.12. The summed E-state index contributed by atoms with van der Waals surface area (Å²) in [6.07, 6.45) is 3.23. The lowest BCUT2D eigenvalue weighted by Gasteiger charge is -2.15. The van der Waals surface area contributed by atoms with Crippen LogP contribution in [-0.2, 0) is 4.74 Å². The Bertz CT molecular complexity index is 147. The van der Waals surface area contributed by atoms with Crippen LogP contribution in [0.4, 0.5) is 4.79 Å². The van der Waals surface area contributed by atoms with Crippen molar-refractivity contribution >= 4 is 6.09 Å². The number of nitrogens with one attached hydrogen (secondary N) is 1. The fraction of sp³-hybridized carbons (Fsp3) is 0.875. The molecule has 64 valence electrons. The number of hydrogen-bond acceptors (Lipinski definition) is 2. The van der Waals surface area contributed by atoms with E-state index in [4.69, 9.17) is 4.74 Å². The molecule has 0 radical (unpaired) electrons. The summed E-state index contributed by atoms with van der Waals surface area (Å²) in [5, 5.41) is 2.45. The molecule has 1 aliphatic carbocycles. The minimum atomic E-state index is -0.302. The van der Waals surface area contributed by atoms with Gasteiger partial charge in [-0.3, -0.25) is 0 Å². The summed E-state index contributed by atoms with van der Waals surface area (Å²) < 4.78 is 5.12. The molecule has 3 nitrogen and oxygen atoms in total. The zero-order chi connectivity index (χ0) is 8.27. The molecule has 0 aromatic carbocycles. The summed E-state index contributed by atoms with van der Waals surface area (Å²) in [5.74, 6) is 0.535. The predicted octanol–water partition coefficient (Wildman–Crippen LogP) is 1.53. The molecular formula is C8H15NO2. The Balaban J connectivity index is 2.30. The van der Waals surface area contributed by atoms with Crippen LogP contribution in [-0.4, -0.2) is 19.2 Å². The van der Waals surface area contributed by atoms with Crippen LogP contribution in [0.3, 0.4) is 0 Å². The molecule has 1 fully saturated rings. The summed E-state index contributed by atoms with van der Waals surface area (Å²) in [7, 11) is 1.59. The Hall–Kier alpha value is -0.730. The van der Waals surface area contributed by atoms with Crippen LogP contribution in [0, 0.1) is 5.92 Å². The highest BCUT2D eigenvalue weighted by molar-refractivity contribution is 5.66. The maximum atomic E-state index is 10.8. The van der Waals surface area contributed by atoms with E-state index in [-0.39, 0.29) is 12.2 Å². The van der Waals surface area contributed by atoms with Crippen molar-refractivity contribution in [2.75, 3.05) is 7.05 Å². The van der Waals surface area contributed by atoms with Crippen molar-refractivity contribution in [3.05, 3.63) is 0 Å². The summed E-state index contributed by atoms with van der Waals surface area (Å²) in [6.45, 7) is 2.13. The summed E-state index contributed by atoms with van der Waals surface area (Å²) in [5.41, 5.74) is 0. The quantitative estimate of drug-likeness (QED) is 0.627. The van der Waals surface area contributed by atoms with Crippen LogP contribution >= 0.6 is 0 Å². The third-order valence-corrected chi connectivity index (χ3v) is 2.25. The van der Waals surface area contributed by atoms with Crippen molar-refractivity contribution in [2.45, 2.75) is 32.3 Å². The van der Waals surface area contributed by atoms with E-state index >= 15 is 0 Å². The largest absolute Gasteiger partial charge is 0.446 e. The molecule has 0 saturated heterocycles. The van der Waals surface area contributed by atoms with Gasteiger partial charge in [-0.25, -0.2) is 4.79 Å². The predicted molar refractivity (Wildman–Crippen MR) is 42.3 cm³/mol. The number of carbonyl (C=O) groups excluding carboxylic acids is 1. The molecule has 1 amide bonds. The number of rotatable bonds is 1. The first-order chi connectivity index (χ1) is 5.24. The maximum Gasteiger partial charge on any atom is 0.407 e. The lowest BCUT2D eigenvalue weighted by atomic mass is 10.1. The summed E-state index contributed by atoms with van der Waals surface area (Å²) in [4.78, 5) is 10.8. The molecule has 1 rings (SSSR count). The summed E-state index contributed by atoms with van der Waals surface area (Å²) >= 11 is 0. The molecule has 0 aromatic heterocycles. The van der Waals surface area contributed by atoms with Gasteiger partial charge >= 0.3 is 6.09 Å². The van der Waals surface area contributed by atoms with Gasteiger partial charge in [0.1, 0.15) is 6.10 Å². The van der Waals surface area contributed by atoms with E-state index in [0.717, 1.165) is 6.42 Å². The number of amides is 1. The van der Waals surface area contributed by atoms with Crippen molar-refractivity contribution in [2.24, 2.45) is 5.92 Å². The summed E-state index contributed by atoms with van der Waals surface area (Å²) in [6, 6.07) is 0. The van der Waals surface area contributed by atoms with E-state index in [1.54, 1.807) is 7.05 Å². The fourth-order valence-corrected chi connectivity index (χ4v) is 1.48. The molecule has 2 atom stereocenters. The lowest BCUT2D eigenvalue weighted by molar-refractivity contribution is 0.0817. The van der Waals surface area contributed by atoms with Crippen molar-refractivity contribution in [3.63, 3.8) is 0 Å². The van der Waals surface area contributed by atoms with Crippen LogP contribution in [0.25, 0.3) is 0 Å². The van der Waals surface area contributed by atoms with Gasteiger partial charge < -0.3 is 10.1 Å². The molecule has 0 aliphatic heterocycles. The van der Waals surface area contributed by atoms with Crippen molar-refractivity contribution < 1.29 is 9.53 Å². The Morgan fingerprint density at radius 2 is 2.27 bits per heavy atom. The monoisotopic (exact) mass is 157 g/mol. The van der Waals surface area contributed by atoms with Gasteiger partial charge in [0, 0.05) is 7.05 Å². The lowest BCUT2D eigenvalue weighted by Crippen LogP contribution is -2.27. The minimum absolute atomic E-state index is 0.148. The van der Waals surface area contributed by atoms with Crippen LogP contribution in [0.5, 0.6) is 0 Å². The number of ether oxygens (including phenoxy) is 1. The van der Waals surface area contributed by atoms with Gasteiger partial charge in [-0.05, 0) is 25.2 Å². The van der Waals surface area contributed by atoms with Crippen LogP contribution in [0.2, 0.25) is 0 Å². The number of alkyl carbamates (subject to hydrolysis) is 1. The van der Waals surface area contributed by atoms with Gasteiger partial charge in [0.2, 0.25) is 0 Å². The average Bonchev–Trinajstić information content (AvgIpc) is 2.37. The Labute approximate surface area is 67.1 Å². The first kappa shape index (κ1) is 8.37. The highest BCUT2D eigenvalue weighted by atomic mass is 16.6. The van der Waals surface area contributed by atoms with Crippen LogP contribution in [0.15, 0.2) is 0 Å². The van der Waals surface area contributed by atoms with Crippen LogP contribution < -0.4 is 5.32 Å². The molecule has 0 spiro atoms. The highest BCUT2D eigenvalue weighted by Crippen LogP contribution is 2.27. The highest BCUT2D eigenvalue weighted by Gasteiger charge is 2.26. The second kappa shape index (κ2) is 3.60. The first-order valence-corrected chi connectivity index (χ1v) is 4.12. The SMILES string of the molecule is CNC(=O)OC1CCCC1C. The van der Waals surface area contributed by atoms with Gasteiger partial charge in [0.05, 0.1) is 0 Å².